The van der Waals surface area contributed by atoms with Crippen LogP contribution in [0.4, 0.5) is 5.69 Å². The molecule has 0 bridgehead atoms. The van der Waals surface area contributed by atoms with Gasteiger partial charge in [-0.3, -0.25) is 0 Å². The minimum absolute atomic E-state index is 0.528. The molecule has 0 aromatic heterocycles. The van der Waals surface area contributed by atoms with E-state index >= 15 is 0 Å². The van der Waals surface area contributed by atoms with Crippen molar-refractivity contribution in [3.05, 3.63) is 28.8 Å². The highest BCUT2D eigenvalue weighted by atomic mass is 35.5. The highest BCUT2D eigenvalue weighted by Gasteiger charge is 2.20. The molecule has 1 aromatic rings. The lowest BCUT2D eigenvalue weighted by molar-refractivity contribution is 0.473. The molecule has 2 nitrogen and oxygen atoms in total. The van der Waals surface area contributed by atoms with Crippen molar-refractivity contribution in [3.63, 3.8) is 0 Å². The first-order valence-electron chi connectivity index (χ1n) is 6.22. The molecule has 0 amide bonds. The molecule has 0 saturated heterocycles. The molecule has 1 fully saturated rings. The molecule has 1 aliphatic rings. The second-order valence-electron chi connectivity index (χ2n) is 4.66. The quantitative estimate of drug-likeness (QED) is 0.897. The summed E-state index contributed by atoms with van der Waals surface area (Å²) in [6, 6.07) is 8.18. The summed E-state index contributed by atoms with van der Waals surface area (Å²) < 4.78 is 0. The Morgan fingerprint density at radius 2 is 2.06 bits per heavy atom. The Morgan fingerprint density at radius 1 is 1.33 bits per heavy atom. The van der Waals surface area contributed by atoms with Gasteiger partial charge in [-0.2, -0.15) is 17.0 Å². The van der Waals surface area contributed by atoms with Gasteiger partial charge in [0.25, 0.3) is 0 Å². The number of hydrogen-bond acceptors (Lipinski definition) is 3. The Morgan fingerprint density at radius 3 is 2.61 bits per heavy atom. The van der Waals surface area contributed by atoms with E-state index in [-0.39, 0.29) is 0 Å². The van der Waals surface area contributed by atoms with Crippen LogP contribution in [0, 0.1) is 11.3 Å². The molecule has 18 heavy (non-hydrogen) atoms. The third kappa shape index (κ3) is 3.34. The van der Waals surface area contributed by atoms with Crippen LogP contribution in [0.1, 0.15) is 31.2 Å². The van der Waals surface area contributed by atoms with Crippen molar-refractivity contribution >= 4 is 29.1 Å². The topological polar surface area (TPSA) is 35.8 Å². The van der Waals surface area contributed by atoms with Gasteiger partial charge in [-0.1, -0.05) is 11.6 Å². The van der Waals surface area contributed by atoms with E-state index in [1.165, 1.54) is 25.7 Å². The summed E-state index contributed by atoms with van der Waals surface area (Å²) in [5.74, 6) is 0. The first-order chi connectivity index (χ1) is 8.72. The van der Waals surface area contributed by atoms with E-state index in [9.17, 15) is 0 Å². The molecule has 0 unspecified atom stereocenters. The Kier molecular flexibility index (Phi) is 4.79. The van der Waals surface area contributed by atoms with Gasteiger partial charge >= 0.3 is 0 Å². The molecule has 1 aromatic carbocycles. The van der Waals surface area contributed by atoms with Gasteiger partial charge in [0.05, 0.1) is 10.6 Å². The molecule has 1 saturated carbocycles. The number of nitriles is 1. The standard InChI is InChI=1S/C14H17ClN2S/c1-18-13-6-4-11(5-7-13)17-12-3-2-10(9-16)14(15)8-12/h2-3,8,11,13,17H,4-7H2,1H3. The first-order valence-corrected chi connectivity index (χ1v) is 7.88. The fourth-order valence-electron chi connectivity index (χ4n) is 2.37. The van der Waals surface area contributed by atoms with Crippen LogP contribution in [0.5, 0.6) is 0 Å². The smallest absolute Gasteiger partial charge is 0.101 e. The van der Waals surface area contributed by atoms with Gasteiger partial charge in [-0.05, 0) is 50.1 Å². The summed E-state index contributed by atoms with van der Waals surface area (Å²) in [5.41, 5.74) is 1.56. The number of nitrogens with one attached hydrogen (secondary N) is 1. The van der Waals surface area contributed by atoms with Crippen LogP contribution < -0.4 is 5.32 Å². The summed E-state index contributed by atoms with van der Waals surface area (Å²) >= 11 is 8.00. The average molecular weight is 281 g/mol. The summed E-state index contributed by atoms with van der Waals surface area (Å²) in [6.45, 7) is 0. The molecule has 0 spiro atoms. The second kappa shape index (κ2) is 6.36. The Balaban J connectivity index is 1.94. The highest BCUT2D eigenvalue weighted by molar-refractivity contribution is 7.99. The molecule has 0 heterocycles. The molecule has 1 N–H and O–H groups in total. The van der Waals surface area contributed by atoms with Gasteiger partial charge in [-0.15, -0.1) is 0 Å². The summed E-state index contributed by atoms with van der Waals surface area (Å²) in [4.78, 5) is 0. The van der Waals surface area contributed by atoms with Crippen LogP contribution in [-0.2, 0) is 0 Å². The average Bonchev–Trinajstić information content (AvgIpc) is 2.40. The van der Waals surface area contributed by atoms with Crippen molar-refractivity contribution < 1.29 is 0 Å². The zero-order valence-corrected chi connectivity index (χ0v) is 12.0. The van der Waals surface area contributed by atoms with Crippen LogP contribution in [0.2, 0.25) is 5.02 Å². The number of nitrogens with zero attached hydrogens (tertiary/aromatic N) is 1. The molecule has 0 radical (unpaired) electrons. The lowest BCUT2D eigenvalue weighted by Gasteiger charge is -2.28. The fourth-order valence-corrected chi connectivity index (χ4v) is 3.34. The van der Waals surface area contributed by atoms with Crippen LogP contribution in [0.25, 0.3) is 0 Å². The summed E-state index contributed by atoms with van der Waals surface area (Å²) in [5, 5.41) is 13.7. The molecular formula is C14H17ClN2S. The number of thioether (sulfide) groups is 1. The van der Waals surface area contributed by atoms with Gasteiger partial charge in [0.15, 0.2) is 0 Å². The predicted octanol–water partition coefficient (Wildman–Crippen LogP) is 4.30. The largest absolute Gasteiger partial charge is 0.382 e. The van der Waals surface area contributed by atoms with Crippen molar-refractivity contribution in [2.24, 2.45) is 0 Å². The van der Waals surface area contributed by atoms with Crippen molar-refractivity contribution in [1.82, 2.24) is 0 Å². The van der Waals surface area contributed by atoms with Gasteiger partial charge in [0.1, 0.15) is 6.07 Å². The van der Waals surface area contributed by atoms with Crippen molar-refractivity contribution in [2.75, 3.05) is 11.6 Å². The Hall–Kier alpha value is -0.850. The number of benzene rings is 1. The van der Waals surface area contributed by atoms with Gasteiger partial charge in [-0.25, -0.2) is 0 Å². The Bertz CT molecular complexity index is 448. The lowest BCUT2D eigenvalue weighted by Crippen LogP contribution is -2.27. The van der Waals surface area contributed by atoms with E-state index in [1.54, 1.807) is 6.07 Å². The van der Waals surface area contributed by atoms with E-state index in [2.05, 4.69) is 17.6 Å². The van der Waals surface area contributed by atoms with E-state index in [0.717, 1.165) is 10.9 Å². The molecule has 2 rings (SSSR count). The Labute approximate surface area is 118 Å². The fraction of sp³-hybridized carbons (Fsp3) is 0.500. The van der Waals surface area contributed by atoms with Crippen LogP contribution >= 0.6 is 23.4 Å². The number of hydrogen-bond donors (Lipinski definition) is 1. The maximum absolute atomic E-state index is 8.83. The van der Waals surface area contributed by atoms with Gasteiger partial charge < -0.3 is 5.32 Å². The lowest BCUT2D eigenvalue weighted by atomic mass is 9.95. The molecule has 96 valence electrons. The zero-order chi connectivity index (χ0) is 13.0. The maximum Gasteiger partial charge on any atom is 0.101 e. The molecular weight excluding hydrogens is 264 g/mol. The number of rotatable bonds is 3. The monoisotopic (exact) mass is 280 g/mol. The maximum atomic E-state index is 8.83. The van der Waals surface area contributed by atoms with Gasteiger partial charge in [0, 0.05) is 17.0 Å². The molecule has 0 atom stereocenters. The van der Waals surface area contributed by atoms with E-state index in [0.29, 0.717) is 16.6 Å². The molecule has 0 aliphatic heterocycles. The van der Waals surface area contributed by atoms with E-state index < -0.39 is 0 Å². The minimum atomic E-state index is 0.528. The second-order valence-corrected chi connectivity index (χ2v) is 6.21. The molecule has 1 aliphatic carbocycles. The molecule has 4 heteroatoms. The minimum Gasteiger partial charge on any atom is -0.382 e. The third-order valence-corrected chi connectivity index (χ3v) is 4.92. The highest BCUT2D eigenvalue weighted by Crippen LogP contribution is 2.29. The predicted molar refractivity (Wildman–Crippen MR) is 79.3 cm³/mol. The van der Waals surface area contributed by atoms with Crippen molar-refractivity contribution in [1.29, 1.82) is 5.26 Å². The SMILES string of the molecule is CSC1CCC(Nc2ccc(C#N)c(Cl)c2)CC1. The number of halogens is 1. The zero-order valence-electron chi connectivity index (χ0n) is 10.4. The normalized spacial score (nSPS) is 23.4. The third-order valence-electron chi connectivity index (χ3n) is 3.47. The van der Waals surface area contributed by atoms with Crippen LogP contribution in [-0.4, -0.2) is 17.5 Å². The van der Waals surface area contributed by atoms with E-state index in [4.69, 9.17) is 16.9 Å². The summed E-state index contributed by atoms with van der Waals surface area (Å²) in [6.07, 6.45) is 7.18. The summed E-state index contributed by atoms with van der Waals surface area (Å²) in [7, 11) is 0. The number of anilines is 1. The van der Waals surface area contributed by atoms with Crippen LogP contribution in [0.15, 0.2) is 18.2 Å². The van der Waals surface area contributed by atoms with E-state index in [1.807, 2.05) is 23.9 Å². The van der Waals surface area contributed by atoms with Crippen molar-refractivity contribution in [3.8, 4) is 6.07 Å². The van der Waals surface area contributed by atoms with Gasteiger partial charge in [0.2, 0.25) is 0 Å². The van der Waals surface area contributed by atoms with Crippen molar-refractivity contribution in [2.45, 2.75) is 37.0 Å². The first kappa shape index (κ1) is 13.6. The van der Waals surface area contributed by atoms with Crippen LogP contribution in [0.3, 0.4) is 0 Å².